The molecule has 0 radical (unpaired) electrons. The molecule has 0 unspecified atom stereocenters. The van der Waals surface area contributed by atoms with Crippen LogP contribution in [0, 0.1) is 0 Å². The molecular formula is C38H44O4S2. The molecule has 232 valence electrons. The zero-order valence-corrected chi connectivity index (χ0v) is 27.8. The van der Waals surface area contributed by atoms with Crippen LogP contribution in [-0.4, -0.2) is 24.8 Å². The maximum atomic E-state index is 14.3. The number of fused-ring (bicyclic) bond motifs is 2. The average molecular weight is 629 g/mol. The Labute approximate surface area is 270 Å². The Hall–Kier alpha value is -3.22. The highest BCUT2D eigenvalue weighted by Crippen LogP contribution is 2.46. The molecule has 0 atom stereocenters. The number of hydrogen-bond acceptors (Lipinski definition) is 6. The molecule has 4 aromatic rings. The lowest BCUT2D eigenvalue weighted by atomic mass is 9.81. The Morgan fingerprint density at radius 1 is 0.500 bits per heavy atom. The van der Waals surface area contributed by atoms with Crippen molar-refractivity contribution >= 4 is 34.2 Å². The first-order valence-corrected chi connectivity index (χ1v) is 18.2. The first-order chi connectivity index (χ1) is 21.7. The number of ether oxygens (including phenoxy) is 2. The number of rotatable bonds is 18. The molecule has 2 aromatic heterocycles. The molecule has 44 heavy (non-hydrogen) atoms. The standard InChI is InChI=1S/C38H44O4S2/c1-3-5-7-9-11-13-23-41-37-27(31-17-15-25-43-31)19-21-29-33(37)35(39)30-22-20-28(32-18-16-26-44-32)38(34(30)36(29)40)42-24-14-12-10-8-6-4-2/h15-22,25-26H,3-14,23-24H2,1-2H3. The lowest BCUT2D eigenvalue weighted by molar-refractivity contribution is 0.0972. The van der Waals surface area contributed by atoms with E-state index in [-0.39, 0.29) is 11.6 Å². The van der Waals surface area contributed by atoms with Crippen LogP contribution in [-0.2, 0) is 0 Å². The SMILES string of the molecule is CCCCCCCCOc1c(-c2cccs2)ccc2c1C(=O)c1ccc(-c3cccs3)c(OCCCCCCCC)c1C2=O. The summed E-state index contributed by atoms with van der Waals surface area (Å²) in [5.74, 6) is 0.708. The van der Waals surface area contributed by atoms with Crippen molar-refractivity contribution in [3.63, 3.8) is 0 Å². The second kappa shape index (κ2) is 16.2. The summed E-state index contributed by atoms with van der Waals surface area (Å²) >= 11 is 3.21. The maximum absolute atomic E-state index is 14.3. The monoisotopic (exact) mass is 628 g/mol. The number of carbonyl (C=O) groups is 2. The number of thiophene rings is 2. The first-order valence-electron chi connectivity index (χ1n) is 16.4. The van der Waals surface area contributed by atoms with Gasteiger partial charge < -0.3 is 9.47 Å². The van der Waals surface area contributed by atoms with E-state index < -0.39 is 0 Å². The summed E-state index contributed by atoms with van der Waals surface area (Å²) in [4.78, 5) is 30.7. The topological polar surface area (TPSA) is 52.6 Å². The number of hydrogen-bond donors (Lipinski definition) is 0. The number of ketones is 2. The van der Waals surface area contributed by atoms with Gasteiger partial charge in [-0.2, -0.15) is 0 Å². The van der Waals surface area contributed by atoms with Crippen molar-refractivity contribution in [1.82, 2.24) is 0 Å². The Morgan fingerprint density at radius 3 is 1.27 bits per heavy atom. The van der Waals surface area contributed by atoms with E-state index in [0.717, 1.165) is 46.6 Å². The molecule has 0 N–H and O–H groups in total. The van der Waals surface area contributed by atoms with Crippen LogP contribution in [0.4, 0.5) is 0 Å². The number of carbonyl (C=O) groups excluding carboxylic acids is 2. The van der Waals surface area contributed by atoms with Crippen LogP contribution in [0.25, 0.3) is 20.9 Å². The van der Waals surface area contributed by atoms with Crippen LogP contribution in [0.2, 0.25) is 0 Å². The van der Waals surface area contributed by atoms with Gasteiger partial charge in [-0.15, -0.1) is 22.7 Å². The van der Waals surface area contributed by atoms with Gasteiger partial charge in [-0.3, -0.25) is 9.59 Å². The van der Waals surface area contributed by atoms with Crippen molar-refractivity contribution in [2.45, 2.75) is 90.9 Å². The van der Waals surface area contributed by atoms with E-state index in [1.807, 2.05) is 47.2 Å². The third-order valence-corrected chi connectivity index (χ3v) is 10.1. The van der Waals surface area contributed by atoms with Crippen LogP contribution in [0.15, 0.2) is 59.3 Å². The first kappa shape index (κ1) is 32.2. The minimum absolute atomic E-state index is 0.173. The number of benzene rings is 2. The molecule has 0 bridgehead atoms. The van der Waals surface area contributed by atoms with Gasteiger partial charge in [0, 0.05) is 32.0 Å². The molecule has 1 aliphatic carbocycles. The van der Waals surface area contributed by atoms with Gasteiger partial charge >= 0.3 is 0 Å². The molecule has 0 saturated heterocycles. The van der Waals surface area contributed by atoms with Crippen LogP contribution in [0.5, 0.6) is 11.5 Å². The van der Waals surface area contributed by atoms with Gasteiger partial charge in [-0.1, -0.05) is 90.2 Å². The zero-order valence-electron chi connectivity index (χ0n) is 26.1. The fourth-order valence-electron chi connectivity index (χ4n) is 5.93. The van der Waals surface area contributed by atoms with E-state index >= 15 is 0 Å². The second-order valence-electron chi connectivity index (χ2n) is 11.6. The van der Waals surface area contributed by atoms with Crippen LogP contribution < -0.4 is 9.47 Å². The van der Waals surface area contributed by atoms with Crippen molar-refractivity contribution in [2.24, 2.45) is 0 Å². The van der Waals surface area contributed by atoms with E-state index in [2.05, 4.69) is 13.8 Å². The summed E-state index contributed by atoms with van der Waals surface area (Å²) in [6.07, 6.45) is 13.8. The highest BCUT2D eigenvalue weighted by atomic mass is 32.1. The van der Waals surface area contributed by atoms with E-state index in [0.29, 0.717) is 47.0 Å². The molecule has 0 aliphatic heterocycles. The van der Waals surface area contributed by atoms with E-state index in [9.17, 15) is 9.59 Å². The lowest BCUT2D eigenvalue weighted by Gasteiger charge is -2.25. The Bertz CT molecular complexity index is 1400. The van der Waals surface area contributed by atoms with Crippen molar-refractivity contribution in [2.75, 3.05) is 13.2 Å². The van der Waals surface area contributed by atoms with Gasteiger partial charge in [0.2, 0.25) is 0 Å². The lowest BCUT2D eigenvalue weighted by Crippen LogP contribution is -2.24. The minimum Gasteiger partial charge on any atom is -0.492 e. The van der Waals surface area contributed by atoms with Crippen LogP contribution >= 0.6 is 22.7 Å². The summed E-state index contributed by atoms with van der Waals surface area (Å²) in [7, 11) is 0. The maximum Gasteiger partial charge on any atom is 0.198 e. The van der Waals surface area contributed by atoms with Gasteiger partial charge in [0.25, 0.3) is 0 Å². The van der Waals surface area contributed by atoms with Gasteiger partial charge in [0.15, 0.2) is 11.6 Å². The quantitative estimate of drug-likeness (QED) is 0.0906. The number of unbranched alkanes of at least 4 members (excludes halogenated alkanes) is 10. The molecule has 5 rings (SSSR count). The molecule has 2 aromatic carbocycles. The summed E-state index contributed by atoms with van der Waals surface area (Å²) in [6, 6.07) is 15.6. The normalized spacial score (nSPS) is 12.3. The highest BCUT2D eigenvalue weighted by Gasteiger charge is 2.37. The molecule has 1 aliphatic rings. The van der Waals surface area contributed by atoms with Crippen LogP contribution in [0.3, 0.4) is 0 Å². The minimum atomic E-state index is -0.173. The van der Waals surface area contributed by atoms with Crippen molar-refractivity contribution in [1.29, 1.82) is 0 Å². The van der Waals surface area contributed by atoms with Gasteiger partial charge in [0.1, 0.15) is 11.5 Å². The molecule has 0 fully saturated rings. The largest absolute Gasteiger partial charge is 0.492 e. The molecule has 0 spiro atoms. The molecule has 0 amide bonds. The van der Waals surface area contributed by atoms with E-state index in [1.54, 1.807) is 34.8 Å². The van der Waals surface area contributed by atoms with Crippen molar-refractivity contribution < 1.29 is 19.1 Å². The predicted molar refractivity (Wildman–Crippen MR) is 184 cm³/mol. The highest BCUT2D eigenvalue weighted by molar-refractivity contribution is 7.13. The molecule has 4 nitrogen and oxygen atoms in total. The smallest absolute Gasteiger partial charge is 0.198 e. The average Bonchev–Trinajstić information content (AvgIpc) is 3.78. The fourth-order valence-corrected chi connectivity index (χ4v) is 7.43. The summed E-state index contributed by atoms with van der Waals surface area (Å²) < 4.78 is 12.9. The third-order valence-electron chi connectivity index (χ3n) is 8.32. The Kier molecular flexibility index (Phi) is 11.8. The van der Waals surface area contributed by atoms with Crippen molar-refractivity contribution in [3.8, 4) is 32.4 Å². The third kappa shape index (κ3) is 7.35. The molecule has 2 heterocycles. The van der Waals surface area contributed by atoms with Crippen molar-refractivity contribution in [3.05, 3.63) is 81.5 Å². The molecule has 0 saturated carbocycles. The summed E-state index contributed by atoms with van der Waals surface area (Å²) in [5.41, 5.74) is 3.28. The summed E-state index contributed by atoms with van der Waals surface area (Å²) in [6.45, 7) is 5.47. The van der Waals surface area contributed by atoms with Gasteiger partial charge in [-0.05, 0) is 60.0 Å². The van der Waals surface area contributed by atoms with E-state index in [4.69, 9.17) is 9.47 Å². The Balaban J connectivity index is 1.47. The molecule has 6 heteroatoms. The second-order valence-corrected chi connectivity index (χ2v) is 13.5. The van der Waals surface area contributed by atoms with Gasteiger partial charge in [0.05, 0.1) is 24.3 Å². The fraction of sp³-hybridized carbons (Fsp3) is 0.421. The molecular weight excluding hydrogens is 585 g/mol. The Morgan fingerprint density at radius 2 is 0.886 bits per heavy atom. The summed E-state index contributed by atoms with van der Waals surface area (Å²) in [5, 5.41) is 4.04. The van der Waals surface area contributed by atoms with Crippen LogP contribution in [0.1, 0.15) is 123 Å². The van der Waals surface area contributed by atoms with Gasteiger partial charge in [-0.25, -0.2) is 0 Å². The predicted octanol–water partition coefficient (Wildman–Crippen LogP) is 11.4. The zero-order chi connectivity index (χ0) is 30.7. The van der Waals surface area contributed by atoms with E-state index in [1.165, 1.54) is 51.4 Å².